The van der Waals surface area contributed by atoms with Crippen molar-refractivity contribution >= 4 is 17.2 Å². The van der Waals surface area contributed by atoms with Gasteiger partial charge in [0.1, 0.15) is 0 Å². The maximum Gasteiger partial charge on any atom is 0.253 e. The third-order valence-corrected chi connectivity index (χ3v) is 2.60. The van der Waals surface area contributed by atoms with Crippen molar-refractivity contribution in [3.05, 3.63) is 22.4 Å². The Morgan fingerprint density at radius 3 is 2.79 bits per heavy atom. The van der Waals surface area contributed by atoms with E-state index in [0.29, 0.717) is 5.56 Å². The van der Waals surface area contributed by atoms with Crippen LogP contribution < -0.4 is 5.32 Å². The predicted molar refractivity (Wildman–Crippen MR) is 59.2 cm³/mol. The topological polar surface area (TPSA) is 29.1 Å². The summed E-state index contributed by atoms with van der Waals surface area (Å²) < 4.78 is 0. The SMILES string of the molecule is C#C[C@@H](NC(=O)c1ccsc1)C(C)C. The molecule has 1 heterocycles. The third-order valence-electron chi connectivity index (χ3n) is 1.92. The van der Waals surface area contributed by atoms with Gasteiger partial charge in [-0.1, -0.05) is 19.8 Å². The van der Waals surface area contributed by atoms with Crippen LogP contribution in [0.2, 0.25) is 0 Å². The maximum absolute atomic E-state index is 11.6. The minimum absolute atomic E-state index is 0.0945. The van der Waals surface area contributed by atoms with Gasteiger partial charge in [0.25, 0.3) is 5.91 Å². The summed E-state index contributed by atoms with van der Waals surface area (Å²) >= 11 is 1.50. The summed E-state index contributed by atoms with van der Waals surface area (Å²) in [5.74, 6) is 2.72. The van der Waals surface area contributed by atoms with Crippen LogP contribution in [0.5, 0.6) is 0 Å². The average molecular weight is 207 g/mol. The lowest BCUT2D eigenvalue weighted by molar-refractivity contribution is 0.0938. The highest BCUT2D eigenvalue weighted by atomic mass is 32.1. The summed E-state index contributed by atoms with van der Waals surface area (Å²) in [5, 5.41) is 6.48. The molecule has 1 N–H and O–H groups in total. The summed E-state index contributed by atoms with van der Waals surface area (Å²) in [6.07, 6.45) is 5.31. The maximum atomic E-state index is 11.6. The molecule has 3 heteroatoms. The van der Waals surface area contributed by atoms with Crippen LogP contribution in [-0.4, -0.2) is 11.9 Å². The highest BCUT2D eigenvalue weighted by molar-refractivity contribution is 7.08. The van der Waals surface area contributed by atoms with E-state index in [4.69, 9.17) is 6.42 Å². The molecule has 1 rings (SSSR count). The Morgan fingerprint density at radius 1 is 1.64 bits per heavy atom. The van der Waals surface area contributed by atoms with E-state index in [1.54, 1.807) is 6.07 Å². The van der Waals surface area contributed by atoms with Crippen LogP contribution in [-0.2, 0) is 0 Å². The van der Waals surface area contributed by atoms with Gasteiger partial charge in [-0.25, -0.2) is 0 Å². The highest BCUT2D eigenvalue weighted by Crippen LogP contribution is 2.07. The number of terminal acetylenes is 1. The van der Waals surface area contributed by atoms with E-state index >= 15 is 0 Å². The first-order valence-electron chi connectivity index (χ1n) is 4.44. The summed E-state index contributed by atoms with van der Waals surface area (Å²) in [6.45, 7) is 3.97. The van der Waals surface area contributed by atoms with Gasteiger partial charge >= 0.3 is 0 Å². The van der Waals surface area contributed by atoms with Crippen LogP contribution in [0.3, 0.4) is 0 Å². The van der Waals surface area contributed by atoms with Crippen molar-refractivity contribution in [3.63, 3.8) is 0 Å². The van der Waals surface area contributed by atoms with Gasteiger partial charge in [0, 0.05) is 5.38 Å². The Morgan fingerprint density at radius 2 is 2.36 bits per heavy atom. The minimum Gasteiger partial charge on any atom is -0.338 e. The molecule has 0 unspecified atom stereocenters. The molecule has 2 nitrogen and oxygen atoms in total. The van der Waals surface area contributed by atoms with Crippen molar-refractivity contribution in [2.75, 3.05) is 0 Å². The molecule has 1 amide bonds. The quantitative estimate of drug-likeness (QED) is 0.756. The van der Waals surface area contributed by atoms with Gasteiger partial charge in [0.05, 0.1) is 11.6 Å². The van der Waals surface area contributed by atoms with Crippen LogP contribution >= 0.6 is 11.3 Å². The largest absolute Gasteiger partial charge is 0.338 e. The molecule has 1 aromatic rings. The number of hydrogen-bond acceptors (Lipinski definition) is 2. The van der Waals surface area contributed by atoms with Gasteiger partial charge < -0.3 is 5.32 Å². The second kappa shape index (κ2) is 4.83. The first kappa shape index (κ1) is 10.8. The standard InChI is InChI=1S/C11H13NOS/c1-4-10(8(2)3)12-11(13)9-5-6-14-7-9/h1,5-8,10H,2-3H3,(H,12,13)/t10-/m1/s1. The van der Waals surface area contributed by atoms with Gasteiger partial charge in [0.2, 0.25) is 0 Å². The number of carbonyl (C=O) groups excluding carboxylic acids is 1. The van der Waals surface area contributed by atoms with Crippen molar-refractivity contribution in [2.24, 2.45) is 5.92 Å². The lowest BCUT2D eigenvalue weighted by Crippen LogP contribution is -2.37. The zero-order valence-corrected chi connectivity index (χ0v) is 9.10. The Labute approximate surface area is 88.3 Å². The summed E-state index contributed by atoms with van der Waals surface area (Å²) in [5.41, 5.74) is 0.677. The minimum atomic E-state index is -0.192. The van der Waals surface area contributed by atoms with Gasteiger partial charge in [-0.3, -0.25) is 4.79 Å². The molecule has 0 aromatic carbocycles. The van der Waals surface area contributed by atoms with Gasteiger partial charge in [0.15, 0.2) is 0 Å². The van der Waals surface area contributed by atoms with Crippen LogP contribution in [0, 0.1) is 18.3 Å². The molecule has 74 valence electrons. The van der Waals surface area contributed by atoms with Gasteiger partial charge in [-0.15, -0.1) is 6.42 Å². The van der Waals surface area contributed by atoms with E-state index in [2.05, 4.69) is 11.2 Å². The van der Waals surface area contributed by atoms with Gasteiger partial charge in [-0.05, 0) is 17.4 Å². The number of thiophene rings is 1. The van der Waals surface area contributed by atoms with Crippen molar-refractivity contribution in [2.45, 2.75) is 19.9 Å². The van der Waals surface area contributed by atoms with Crippen molar-refractivity contribution < 1.29 is 4.79 Å². The van der Waals surface area contributed by atoms with E-state index in [1.807, 2.05) is 24.6 Å². The lowest BCUT2D eigenvalue weighted by atomic mass is 10.1. The predicted octanol–water partition coefficient (Wildman–Crippen LogP) is 2.14. The molecule has 1 atom stereocenters. The molecular weight excluding hydrogens is 194 g/mol. The molecular formula is C11H13NOS. The molecule has 0 saturated carbocycles. The molecule has 0 aliphatic heterocycles. The summed E-state index contributed by atoms with van der Waals surface area (Å²) in [4.78, 5) is 11.6. The van der Waals surface area contributed by atoms with Crippen LogP contribution in [0.1, 0.15) is 24.2 Å². The van der Waals surface area contributed by atoms with E-state index in [9.17, 15) is 4.79 Å². The highest BCUT2D eigenvalue weighted by Gasteiger charge is 2.14. The normalized spacial score (nSPS) is 12.1. The number of nitrogens with one attached hydrogen (secondary N) is 1. The second-order valence-electron chi connectivity index (χ2n) is 3.37. The smallest absolute Gasteiger partial charge is 0.253 e. The van der Waals surface area contributed by atoms with E-state index in [-0.39, 0.29) is 17.9 Å². The fraction of sp³-hybridized carbons (Fsp3) is 0.364. The number of rotatable bonds is 3. The van der Waals surface area contributed by atoms with Crippen LogP contribution in [0.15, 0.2) is 16.8 Å². The molecule has 0 radical (unpaired) electrons. The first-order valence-corrected chi connectivity index (χ1v) is 5.38. The lowest BCUT2D eigenvalue weighted by Gasteiger charge is -2.15. The Kier molecular flexibility index (Phi) is 3.73. The fourth-order valence-electron chi connectivity index (χ4n) is 1.02. The Balaban J connectivity index is 2.61. The zero-order valence-electron chi connectivity index (χ0n) is 8.28. The van der Waals surface area contributed by atoms with Crippen LogP contribution in [0.4, 0.5) is 0 Å². The fourth-order valence-corrected chi connectivity index (χ4v) is 1.65. The summed E-state index contributed by atoms with van der Waals surface area (Å²) in [6, 6.07) is 1.59. The number of carbonyl (C=O) groups is 1. The Bertz CT molecular complexity index is 335. The Hall–Kier alpha value is -1.27. The molecule has 0 saturated heterocycles. The van der Waals surface area contributed by atoms with Gasteiger partial charge in [-0.2, -0.15) is 11.3 Å². The summed E-state index contributed by atoms with van der Waals surface area (Å²) in [7, 11) is 0. The van der Waals surface area contributed by atoms with Crippen molar-refractivity contribution in [3.8, 4) is 12.3 Å². The van der Waals surface area contributed by atoms with E-state index in [1.165, 1.54) is 11.3 Å². The number of hydrogen-bond donors (Lipinski definition) is 1. The molecule has 14 heavy (non-hydrogen) atoms. The van der Waals surface area contributed by atoms with Crippen molar-refractivity contribution in [1.29, 1.82) is 0 Å². The van der Waals surface area contributed by atoms with E-state index in [0.717, 1.165) is 0 Å². The van der Waals surface area contributed by atoms with Crippen molar-refractivity contribution in [1.82, 2.24) is 5.32 Å². The monoisotopic (exact) mass is 207 g/mol. The van der Waals surface area contributed by atoms with Crippen LogP contribution in [0.25, 0.3) is 0 Å². The van der Waals surface area contributed by atoms with E-state index < -0.39 is 0 Å². The second-order valence-corrected chi connectivity index (χ2v) is 4.15. The first-order chi connectivity index (χ1) is 6.65. The average Bonchev–Trinajstić information content (AvgIpc) is 2.65. The third kappa shape index (κ3) is 2.61. The number of amides is 1. The molecule has 1 aromatic heterocycles. The zero-order chi connectivity index (χ0) is 10.6. The molecule has 0 spiro atoms. The molecule has 0 fully saturated rings. The molecule has 0 bridgehead atoms. The molecule has 0 aliphatic carbocycles. The molecule has 0 aliphatic rings.